The average Bonchev–Trinajstić information content (AvgIpc) is 2.97. The fourth-order valence-corrected chi connectivity index (χ4v) is 2.46. The largest absolute Gasteiger partial charge is 0.454 e. The van der Waals surface area contributed by atoms with E-state index in [0.29, 0.717) is 28.6 Å². The van der Waals surface area contributed by atoms with Gasteiger partial charge in [0.2, 0.25) is 6.79 Å². The van der Waals surface area contributed by atoms with Crippen LogP contribution < -0.4 is 14.8 Å². The van der Waals surface area contributed by atoms with Crippen LogP contribution in [0.15, 0.2) is 36.4 Å². The van der Waals surface area contributed by atoms with E-state index in [-0.39, 0.29) is 6.79 Å². The lowest BCUT2D eigenvalue weighted by atomic mass is 10.1. The Morgan fingerprint density at radius 2 is 1.86 bits per heavy atom. The number of nitriles is 1. The Balaban J connectivity index is 1.60. The van der Waals surface area contributed by atoms with Gasteiger partial charge in [0, 0.05) is 13.1 Å². The monoisotopic (exact) mass is 300 g/mol. The van der Waals surface area contributed by atoms with Crippen LogP contribution in [0.1, 0.15) is 16.7 Å². The number of rotatable bonds is 4. The number of nitrogens with zero attached hydrogens (tertiary/aromatic N) is 1. The highest BCUT2D eigenvalue weighted by Crippen LogP contribution is 2.39. The maximum atomic E-state index is 8.76. The molecule has 0 fully saturated rings. The molecule has 106 valence electrons. The van der Waals surface area contributed by atoms with Crippen molar-refractivity contribution in [3.8, 4) is 17.6 Å². The van der Waals surface area contributed by atoms with Crippen LogP contribution in [0.25, 0.3) is 0 Å². The molecule has 0 radical (unpaired) electrons. The molecule has 4 nitrogen and oxygen atoms in total. The Morgan fingerprint density at radius 3 is 2.62 bits per heavy atom. The first-order valence-electron chi connectivity index (χ1n) is 6.54. The summed E-state index contributed by atoms with van der Waals surface area (Å²) in [4.78, 5) is 0. The molecule has 5 heteroatoms. The first-order valence-corrected chi connectivity index (χ1v) is 6.92. The predicted octanol–water partition coefficient (Wildman–Crippen LogP) is 3.23. The fourth-order valence-electron chi connectivity index (χ4n) is 2.17. The van der Waals surface area contributed by atoms with Crippen molar-refractivity contribution in [3.05, 3.63) is 58.1 Å². The lowest BCUT2D eigenvalue weighted by Crippen LogP contribution is -2.12. The van der Waals surface area contributed by atoms with Gasteiger partial charge in [-0.1, -0.05) is 23.7 Å². The van der Waals surface area contributed by atoms with Gasteiger partial charge in [0.15, 0.2) is 11.5 Å². The Labute approximate surface area is 127 Å². The minimum absolute atomic E-state index is 0.219. The number of nitrogens with one attached hydrogen (secondary N) is 1. The van der Waals surface area contributed by atoms with E-state index in [9.17, 15) is 0 Å². The predicted molar refractivity (Wildman–Crippen MR) is 79.3 cm³/mol. The smallest absolute Gasteiger partial charge is 0.231 e. The topological polar surface area (TPSA) is 54.3 Å². The van der Waals surface area contributed by atoms with Crippen LogP contribution in [-0.4, -0.2) is 6.79 Å². The Bertz CT molecular complexity index is 693. The molecule has 0 saturated heterocycles. The summed E-state index contributed by atoms with van der Waals surface area (Å²) in [6.45, 7) is 1.62. The first kappa shape index (κ1) is 13.7. The fraction of sp³-hybridized carbons (Fsp3) is 0.188. The van der Waals surface area contributed by atoms with Crippen molar-refractivity contribution < 1.29 is 9.47 Å². The van der Waals surface area contributed by atoms with E-state index in [1.165, 1.54) is 0 Å². The zero-order valence-electron chi connectivity index (χ0n) is 11.2. The van der Waals surface area contributed by atoms with Gasteiger partial charge in [-0.25, -0.2) is 0 Å². The van der Waals surface area contributed by atoms with E-state index in [0.717, 1.165) is 17.7 Å². The van der Waals surface area contributed by atoms with Gasteiger partial charge in [-0.05, 0) is 35.4 Å². The van der Waals surface area contributed by atoms with Crippen LogP contribution in [0.3, 0.4) is 0 Å². The van der Waals surface area contributed by atoms with Crippen LogP contribution in [0.4, 0.5) is 0 Å². The highest BCUT2D eigenvalue weighted by Gasteiger charge is 2.17. The summed E-state index contributed by atoms with van der Waals surface area (Å²) in [5.41, 5.74) is 2.83. The summed E-state index contributed by atoms with van der Waals surface area (Å²) in [6.07, 6.45) is 0. The number of fused-ring (bicyclic) bond motifs is 1. The summed E-state index contributed by atoms with van der Waals surface area (Å²) in [7, 11) is 0. The summed E-state index contributed by atoms with van der Waals surface area (Å²) in [6, 6.07) is 13.4. The van der Waals surface area contributed by atoms with Gasteiger partial charge in [0.25, 0.3) is 0 Å². The van der Waals surface area contributed by atoms with E-state index in [2.05, 4.69) is 11.4 Å². The highest BCUT2D eigenvalue weighted by atomic mass is 35.5. The SMILES string of the molecule is N#Cc1ccc(CNCc2cc(Cl)c3c(c2)OCO3)cc1. The standard InChI is InChI=1S/C16H13ClN2O2/c17-14-5-13(6-15-16(14)21-10-20-15)9-19-8-12-3-1-11(7-18)2-4-12/h1-6,19H,8-10H2. The summed E-state index contributed by atoms with van der Waals surface area (Å²) >= 11 is 6.14. The summed E-state index contributed by atoms with van der Waals surface area (Å²) in [5.74, 6) is 1.31. The molecule has 0 bridgehead atoms. The Morgan fingerprint density at radius 1 is 1.10 bits per heavy atom. The minimum atomic E-state index is 0.219. The van der Waals surface area contributed by atoms with Crippen molar-refractivity contribution in [1.29, 1.82) is 5.26 Å². The number of hydrogen-bond acceptors (Lipinski definition) is 4. The Hall–Kier alpha value is -2.22. The number of halogens is 1. The molecule has 0 amide bonds. The molecule has 0 saturated carbocycles. The van der Waals surface area contributed by atoms with Crippen LogP contribution in [0.5, 0.6) is 11.5 Å². The van der Waals surface area contributed by atoms with Gasteiger partial charge in [-0.15, -0.1) is 0 Å². The van der Waals surface area contributed by atoms with Crippen LogP contribution in [0.2, 0.25) is 5.02 Å². The van der Waals surface area contributed by atoms with Crippen molar-refractivity contribution >= 4 is 11.6 Å². The molecule has 21 heavy (non-hydrogen) atoms. The van der Waals surface area contributed by atoms with Crippen molar-refractivity contribution in [1.82, 2.24) is 5.32 Å². The van der Waals surface area contributed by atoms with E-state index in [4.69, 9.17) is 26.3 Å². The van der Waals surface area contributed by atoms with E-state index >= 15 is 0 Å². The zero-order chi connectivity index (χ0) is 14.7. The summed E-state index contributed by atoms with van der Waals surface area (Å²) < 4.78 is 10.6. The molecule has 0 atom stereocenters. The molecular weight excluding hydrogens is 288 g/mol. The number of hydrogen-bond donors (Lipinski definition) is 1. The molecule has 1 aliphatic rings. The molecule has 2 aromatic rings. The van der Waals surface area contributed by atoms with Crippen molar-refractivity contribution in [3.63, 3.8) is 0 Å². The normalized spacial score (nSPS) is 12.2. The van der Waals surface area contributed by atoms with Gasteiger partial charge in [0.1, 0.15) is 0 Å². The highest BCUT2D eigenvalue weighted by molar-refractivity contribution is 6.32. The maximum absolute atomic E-state index is 8.76. The third kappa shape index (κ3) is 3.10. The van der Waals surface area contributed by atoms with E-state index < -0.39 is 0 Å². The van der Waals surface area contributed by atoms with Crippen LogP contribution in [0, 0.1) is 11.3 Å². The molecule has 0 unspecified atom stereocenters. The molecule has 3 rings (SSSR count). The van der Waals surface area contributed by atoms with Gasteiger partial charge < -0.3 is 14.8 Å². The second-order valence-corrected chi connectivity index (χ2v) is 5.13. The molecule has 0 spiro atoms. The van der Waals surface area contributed by atoms with Gasteiger partial charge in [-0.3, -0.25) is 0 Å². The second kappa shape index (κ2) is 6.04. The molecule has 0 aromatic heterocycles. The van der Waals surface area contributed by atoms with Crippen LogP contribution in [-0.2, 0) is 13.1 Å². The third-order valence-electron chi connectivity index (χ3n) is 3.23. The molecule has 1 aliphatic heterocycles. The molecule has 2 aromatic carbocycles. The second-order valence-electron chi connectivity index (χ2n) is 4.72. The van der Waals surface area contributed by atoms with Gasteiger partial charge in [-0.2, -0.15) is 5.26 Å². The Kier molecular flexibility index (Phi) is 3.96. The van der Waals surface area contributed by atoms with E-state index in [1.54, 1.807) is 0 Å². The summed E-state index contributed by atoms with van der Waals surface area (Å²) in [5, 5.41) is 12.7. The van der Waals surface area contributed by atoms with Gasteiger partial charge >= 0.3 is 0 Å². The average molecular weight is 301 g/mol. The zero-order valence-corrected chi connectivity index (χ0v) is 12.0. The molecule has 1 heterocycles. The van der Waals surface area contributed by atoms with Gasteiger partial charge in [0.05, 0.1) is 16.7 Å². The van der Waals surface area contributed by atoms with Crippen molar-refractivity contribution in [2.75, 3.05) is 6.79 Å². The van der Waals surface area contributed by atoms with Crippen molar-refractivity contribution in [2.24, 2.45) is 0 Å². The third-order valence-corrected chi connectivity index (χ3v) is 3.51. The maximum Gasteiger partial charge on any atom is 0.231 e. The lowest BCUT2D eigenvalue weighted by molar-refractivity contribution is 0.174. The molecule has 1 N–H and O–H groups in total. The number of benzene rings is 2. The number of ether oxygens (including phenoxy) is 2. The van der Waals surface area contributed by atoms with E-state index in [1.807, 2.05) is 36.4 Å². The quantitative estimate of drug-likeness (QED) is 0.942. The van der Waals surface area contributed by atoms with Crippen molar-refractivity contribution in [2.45, 2.75) is 13.1 Å². The molecule has 0 aliphatic carbocycles. The first-order chi connectivity index (χ1) is 10.3. The minimum Gasteiger partial charge on any atom is -0.454 e. The molecular formula is C16H13ClN2O2. The lowest BCUT2D eigenvalue weighted by Gasteiger charge is -2.07. The van der Waals surface area contributed by atoms with Crippen LogP contribution >= 0.6 is 11.6 Å².